The predicted molar refractivity (Wildman–Crippen MR) is 42.6 cm³/mol. The lowest BCUT2D eigenvalue weighted by atomic mass is 9.97. The Morgan fingerprint density at radius 3 is 3.30 bits per heavy atom. The van der Waals surface area contributed by atoms with Crippen molar-refractivity contribution < 1.29 is 0 Å². The van der Waals surface area contributed by atoms with Crippen molar-refractivity contribution in [3.05, 3.63) is 23.9 Å². The van der Waals surface area contributed by atoms with E-state index in [9.17, 15) is 0 Å². The Balaban J connectivity index is 2.25. The Morgan fingerprint density at radius 1 is 1.60 bits per heavy atom. The third kappa shape index (κ3) is 0.772. The molecule has 10 heavy (non-hydrogen) atoms. The molecule has 1 saturated heterocycles. The maximum atomic E-state index is 2.37. The van der Waals surface area contributed by atoms with Gasteiger partial charge < -0.3 is 4.90 Å². The van der Waals surface area contributed by atoms with E-state index in [1.54, 1.807) is 5.70 Å². The van der Waals surface area contributed by atoms with Crippen LogP contribution in [0.25, 0.3) is 0 Å². The fourth-order valence-electron chi connectivity index (χ4n) is 1.85. The average molecular weight is 135 g/mol. The molecule has 0 aromatic carbocycles. The summed E-state index contributed by atoms with van der Waals surface area (Å²) >= 11 is 0. The van der Waals surface area contributed by atoms with Crippen LogP contribution in [0.15, 0.2) is 23.9 Å². The topological polar surface area (TPSA) is 3.24 Å². The van der Waals surface area contributed by atoms with Crippen molar-refractivity contribution in [3.8, 4) is 0 Å². The van der Waals surface area contributed by atoms with Crippen LogP contribution in [0.1, 0.15) is 12.8 Å². The number of nitrogens with zero attached hydrogens (tertiary/aromatic N) is 1. The second kappa shape index (κ2) is 2.15. The van der Waals surface area contributed by atoms with Crippen molar-refractivity contribution in [2.75, 3.05) is 13.6 Å². The smallest absolute Gasteiger partial charge is 0.0178 e. The largest absolute Gasteiger partial charge is 0.378 e. The highest BCUT2D eigenvalue weighted by Gasteiger charge is 2.24. The van der Waals surface area contributed by atoms with Crippen LogP contribution in [0.2, 0.25) is 0 Å². The molecule has 1 heteroatoms. The highest BCUT2D eigenvalue weighted by Crippen LogP contribution is 2.31. The minimum absolute atomic E-state index is 0.843. The predicted octanol–water partition coefficient (Wildman–Crippen LogP) is 1.78. The van der Waals surface area contributed by atoms with Crippen LogP contribution in [0.5, 0.6) is 0 Å². The molecule has 1 aliphatic heterocycles. The van der Waals surface area contributed by atoms with Gasteiger partial charge in [0.15, 0.2) is 0 Å². The number of fused-ring (bicyclic) bond motifs is 1. The standard InChI is InChI=1S/C9H13N/c1-10-7-6-8-4-2-3-5-9(8)10/h2-3,5,8H,4,6-7H2,1H3. The first-order chi connectivity index (χ1) is 4.88. The van der Waals surface area contributed by atoms with Crippen molar-refractivity contribution in [1.29, 1.82) is 0 Å². The van der Waals surface area contributed by atoms with E-state index in [4.69, 9.17) is 0 Å². The molecular weight excluding hydrogens is 122 g/mol. The quantitative estimate of drug-likeness (QED) is 0.489. The normalized spacial score (nSPS) is 30.3. The van der Waals surface area contributed by atoms with Crippen LogP contribution in [-0.2, 0) is 0 Å². The van der Waals surface area contributed by atoms with Gasteiger partial charge in [0.1, 0.15) is 0 Å². The summed E-state index contributed by atoms with van der Waals surface area (Å²) in [5, 5.41) is 0. The maximum Gasteiger partial charge on any atom is 0.0178 e. The third-order valence-corrected chi connectivity index (χ3v) is 2.50. The number of likely N-dealkylation sites (tertiary alicyclic amines) is 1. The first-order valence-electron chi connectivity index (χ1n) is 3.96. The highest BCUT2D eigenvalue weighted by atomic mass is 15.1. The molecule has 0 amide bonds. The summed E-state index contributed by atoms with van der Waals surface area (Å²) in [4.78, 5) is 2.37. The molecule has 0 radical (unpaired) electrons. The van der Waals surface area contributed by atoms with Gasteiger partial charge in [0.05, 0.1) is 0 Å². The first kappa shape index (κ1) is 6.02. The van der Waals surface area contributed by atoms with E-state index in [-0.39, 0.29) is 0 Å². The van der Waals surface area contributed by atoms with E-state index < -0.39 is 0 Å². The van der Waals surface area contributed by atoms with Gasteiger partial charge in [-0.3, -0.25) is 0 Å². The summed E-state index contributed by atoms with van der Waals surface area (Å²) in [6, 6.07) is 0. The van der Waals surface area contributed by atoms with E-state index in [1.165, 1.54) is 19.4 Å². The molecule has 1 aliphatic carbocycles. The van der Waals surface area contributed by atoms with Gasteiger partial charge >= 0.3 is 0 Å². The van der Waals surface area contributed by atoms with Gasteiger partial charge in [0, 0.05) is 25.2 Å². The van der Waals surface area contributed by atoms with Gasteiger partial charge in [-0.15, -0.1) is 0 Å². The Labute approximate surface area is 62.0 Å². The lowest BCUT2D eigenvalue weighted by Gasteiger charge is -2.17. The van der Waals surface area contributed by atoms with Crippen LogP contribution in [-0.4, -0.2) is 18.5 Å². The number of allylic oxidation sites excluding steroid dienone is 4. The minimum atomic E-state index is 0.843. The molecular formula is C9H13N. The molecule has 54 valence electrons. The lowest BCUT2D eigenvalue weighted by molar-refractivity contribution is 0.474. The summed E-state index contributed by atoms with van der Waals surface area (Å²) in [5.74, 6) is 0.843. The monoisotopic (exact) mass is 135 g/mol. The number of hydrogen-bond acceptors (Lipinski definition) is 1. The van der Waals surface area contributed by atoms with Crippen LogP contribution in [0.3, 0.4) is 0 Å². The van der Waals surface area contributed by atoms with Crippen molar-refractivity contribution in [3.63, 3.8) is 0 Å². The van der Waals surface area contributed by atoms with Gasteiger partial charge in [-0.1, -0.05) is 12.2 Å². The molecule has 1 fully saturated rings. The van der Waals surface area contributed by atoms with E-state index in [2.05, 4.69) is 30.2 Å². The van der Waals surface area contributed by atoms with Gasteiger partial charge in [-0.2, -0.15) is 0 Å². The average Bonchev–Trinajstić information content (AvgIpc) is 2.34. The molecule has 2 rings (SSSR count). The Morgan fingerprint density at radius 2 is 2.50 bits per heavy atom. The Kier molecular flexibility index (Phi) is 1.30. The van der Waals surface area contributed by atoms with E-state index in [0.29, 0.717) is 0 Å². The Hall–Kier alpha value is -0.720. The summed E-state index contributed by atoms with van der Waals surface area (Å²) in [6.07, 6.45) is 9.31. The van der Waals surface area contributed by atoms with Crippen molar-refractivity contribution in [1.82, 2.24) is 4.90 Å². The first-order valence-corrected chi connectivity index (χ1v) is 3.96. The number of rotatable bonds is 0. The van der Waals surface area contributed by atoms with Crippen LogP contribution < -0.4 is 0 Å². The number of hydrogen-bond donors (Lipinski definition) is 0. The van der Waals surface area contributed by atoms with Gasteiger partial charge in [0.2, 0.25) is 0 Å². The van der Waals surface area contributed by atoms with E-state index in [1.807, 2.05) is 0 Å². The molecule has 0 N–H and O–H groups in total. The lowest BCUT2D eigenvalue weighted by Crippen LogP contribution is -2.12. The molecule has 1 heterocycles. The highest BCUT2D eigenvalue weighted by molar-refractivity contribution is 5.22. The summed E-state index contributed by atoms with van der Waals surface area (Å²) < 4.78 is 0. The van der Waals surface area contributed by atoms with Gasteiger partial charge in [-0.25, -0.2) is 0 Å². The fraction of sp³-hybridized carbons (Fsp3) is 0.556. The molecule has 0 aromatic heterocycles. The molecule has 1 atom stereocenters. The van der Waals surface area contributed by atoms with Crippen molar-refractivity contribution in [2.45, 2.75) is 12.8 Å². The summed E-state index contributed by atoms with van der Waals surface area (Å²) in [6.45, 7) is 1.25. The second-order valence-corrected chi connectivity index (χ2v) is 3.16. The zero-order valence-corrected chi connectivity index (χ0v) is 6.38. The van der Waals surface area contributed by atoms with Crippen LogP contribution >= 0.6 is 0 Å². The third-order valence-electron chi connectivity index (χ3n) is 2.50. The minimum Gasteiger partial charge on any atom is -0.378 e. The molecule has 1 nitrogen and oxygen atoms in total. The summed E-state index contributed by atoms with van der Waals surface area (Å²) in [7, 11) is 2.19. The van der Waals surface area contributed by atoms with Crippen molar-refractivity contribution >= 4 is 0 Å². The van der Waals surface area contributed by atoms with E-state index >= 15 is 0 Å². The second-order valence-electron chi connectivity index (χ2n) is 3.16. The maximum absolute atomic E-state index is 2.37. The zero-order valence-electron chi connectivity index (χ0n) is 6.38. The fourth-order valence-corrected chi connectivity index (χ4v) is 1.85. The van der Waals surface area contributed by atoms with Crippen LogP contribution in [0.4, 0.5) is 0 Å². The van der Waals surface area contributed by atoms with Crippen molar-refractivity contribution in [2.24, 2.45) is 5.92 Å². The van der Waals surface area contributed by atoms with Crippen LogP contribution in [0, 0.1) is 5.92 Å². The molecule has 0 bridgehead atoms. The molecule has 0 saturated carbocycles. The zero-order chi connectivity index (χ0) is 6.97. The molecule has 0 spiro atoms. The molecule has 0 aromatic rings. The molecule has 1 unspecified atom stereocenters. The van der Waals surface area contributed by atoms with Gasteiger partial charge in [0.25, 0.3) is 0 Å². The SMILES string of the molecule is CN1CCC2CC=CC=C21. The van der Waals surface area contributed by atoms with E-state index in [0.717, 1.165) is 5.92 Å². The summed E-state index contributed by atoms with van der Waals surface area (Å²) in [5.41, 5.74) is 1.54. The van der Waals surface area contributed by atoms with Gasteiger partial charge in [-0.05, 0) is 18.9 Å². The Bertz CT molecular complexity index is 191. The molecule has 2 aliphatic rings.